The van der Waals surface area contributed by atoms with Crippen molar-refractivity contribution in [3.05, 3.63) is 53.9 Å². The normalized spacial score (nSPS) is 10.1. The lowest BCUT2D eigenvalue weighted by molar-refractivity contribution is -0.120. The predicted octanol–water partition coefficient (Wildman–Crippen LogP) is 1.93. The molecule has 2 N–H and O–H groups in total. The van der Waals surface area contributed by atoms with Gasteiger partial charge < -0.3 is 20.1 Å². The van der Waals surface area contributed by atoms with Crippen LogP contribution in [0, 0.1) is 0 Å². The summed E-state index contributed by atoms with van der Waals surface area (Å²) >= 11 is 0. The maximum absolute atomic E-state index is 12.2. The van der Waals surface area contributed by atoms with Gasteiger partial charge in [-0.3, -0.25) is 14.6 Å². The summed E-state index contributed by atoms with van der Waals surface area (Å²) in [6, 6.07) is 8.67. The smallest absolute Gasteiger partial charge is 0.251 e. The molecule has 0 spiro atoms. The number of nitrogens with zero attached hydrogens (tertiary/aromatic N) is 1. The summed E-state index contributed by atoms with van der Waals surface area (Å²) in [5.74, 6) is 0.427. The van der Waals surface area contributed by atoms with E-state index < -0.39 is 0 Å². The highest BCUT2D eigenvalue weighted by Crippen LogP contribution is 2.29. The number of likely N-dealkylation sites (N-methyl/N-ethyl adjacent to an activating group) is 1. The summed E-state index contributed by atoms with van der Waals surface area (Å²) < 4.78 is 11.4. The van der Waals surface area contributed by atoms with Gasteiger partial charge in [-0.1, -0.05) is 6.07 Å². The molecule has 0 radical (unpaired) electrons. The monoisotopic (exact) mass is 357 g/mol. The highest BCUT2D eigenvalue weighted by Gasteiger charge is 2.13. The van der Waals surface area contributed by atoms with Crippen LogP contribution < -0.4 is 20.1 Å². The Morgan fingerprint density at radius 1 is 1.08 bits per heavy atom. The standard InChI is InChI=1S/C19H23N3O4/c1-3-21-18(23)12-22-19(24)15-7-8-16(17(10-15)25-4-2)26-13-14-6-5-9-20-11-14/h5-11H,3-4,12-13H2,1-2H3,(H,21,23)(H,22,24). The minimum Gasteiger partial charge on any atom is -0.490 e. The highest BCUT2D eigenvalue weighted by molar-refractivity contribution is 5.97. The number of rotatable bonds is 9. The lowest BCUT2D eigenvalue weighted by atomic mass is 10.2. The topological polar surface area (TPSA) is 89.6 Å². The van der Waals surface area contributed by atoms with Crippen LogP contribution in [-0.4, -0.2) is 36.5 Å². The van der Waals surface area contributed by atoms with Crippen molar-refractivity contribution in [2.24, 2.45) is 0 Å². The number of benzene rings is 1. The number of carbonyl (C=O) groups is 2. The van der Waals surface area contributed by atoms with Crippen molar-refractivity contribution in [3.63, 3.8) is 0 Å². The summed E-state index contributed by atoms with van der Waals surface area (Å²) in [7, 11) is 0. The lowest BCUT2D eigenvalue weighted by Crippen LogP contribution is -2.36. The second-order valence-corrected chi connectivity index (χ2v) is 5.38. The average molecular weight is 357 g/mol. The summed E-state index contributed by atoms with van der Waals surface area (Å²) in [5.41, 5.74) is 1.32. The zero-order chi connectivity index (χ0) is 18.8. The van der Waals surface area contributed by atoms with Gasteiger partial charge >= 0.3 is 0 Å². The second kappa shape index (κ2) is 10.0. The van der Waals surface area contributed by atoms with Gasteiger partial charge in [-0.05, 0) is 38.1 Å². The fraction of sp³-hybridized carbons (Fsp3) is 0.316. The minimum atomic E-state index is -0.351. The first-order valence-electron chi connectivity index (χ1n) is 8.47. The van der Waals surface area contributed by atoms with E-state index in [1.807, 2.05) is 26.0 Å². The Morgan fingerprint density at radius 3 is 2.62 bits per heavy atom. The summed E-state index contributed by atoms with van der Waals surface area (Å²) in [6.07, 6.45) is 3.42. The van der Waals surface area contributed by atoms with E-state index in [9.17, 15) is 9.59 Å². The molecule has 1 aromatic heterocycles. The number of nitrogens with one attached hydrogen (secondary N) is 2. The Kier molecular flexibility index (Phi) is 7.42. The highest BCUT2D eigenvalue weighted by atomic mass is 16.5. The molecule has 2 amide bonds. The predicted molar refractivity (Wildman–Crippen MR) is 97.2 cm³/mol. The maximum Gasteiger partial charge on any atom is 0.251 e. The largest absolute Gasteiger partial charge is 0.490 e. The van der Waals surface area contributed by atoms with E-state index in [4.69, 9.17) is 9.47 Å². The zero-order valence-corrected chi connectivity index (χ0v) is 15.0. The number of carbonyl (C=O) groups excluding carboxylic acids is 2. The number of aromatic nitrogens is 1. The quantitative estimate of drug-likeness (QED) is 0.716. The van der Waals surface area contributed by atoms with Crippen molar-refractivity contribution < 1.29 is 19.1 Å². The molecule has 0 saturated carbocycles. The molecule has 0 bridgehead atoms. The molecule has 0 saturated heterocycles. The number of hydrogen-bond donors (Lipinski definition) is 2. The van der Waals surface area contributed by atoms with Crippen molar-refractivity contribution in [2.75, 3.05) is 19.7 Å². The summed E-state index contributed by atoms with van der Waals surface area (Å²) in [4.78, 5) is 27.7. The van der Waals surface area contributed by atoms with Crippen LogP contribution >= 0.6 is 0 Å². The minimum absolute atomic E-state index is 0.0735. The molecule has 0 aliphatic carbocycles. The van der Waals surface area contributed by atoms with Gasteiger partial charge in [0.05, 0.1) is 13.2 Å². The van der Waals surface area contributed by atoms with Crippen LogP contribution in [0.2, 0.25) is 0 Å². The molecule has 26 heavy (non-hydrogen) atoms. The number of ether oxygens (including phenoxy) is 2. The number of hydrogen-bond acceptors (Lipinski definition) is 5. The van der Waals surface area contributed by atoms with Crippen LogP contribution in [0.4, 0.5) is 0 Å². The Morgan fingerprint density at radius 2 is 1.92 bits per heavy atom. The Hall–Kier alpha value is -3.09. The molecule has 7 nitrogen and oxygen atoms in total. The van der Waals surface area contributed by atoms with Crippen LogP contribution in [0.25, 0.3) is 0 Å². The molecule has 0 aliphatic rings. The first-order valence-corrected chi connectivity index (χ1v) is 8.47. The third kappa shape index (κ3) is 5.77. The van der Waals surface area contributed by atoms with Gasteiger partial charge in [-0.2, -0.15) is 0 Å². The molecule has 7 heteroatoms. The SMILES string of the molecule is CCNC(=O)CNC(=O)c1ccc(OCc2cccnc2)c(OCC)c1. The summed E-state index contributed by atoms with van der Waals surface area (Å²) in [6.45, 7) is 4.90. The maximum atomic E-state index is 12.2. The lowest BCUT2D eigenvalue weighted by Gasteiger charge is -2.13. The second-order valence-electron chi connectivity index (χ2n) is 5.38. The van der Waals surface area contributed by atoms with Crippen LogP contribution in [0.15, 0.2) is 42.7 Å². The van der Waals surface area contributed by atoms with E-state index in [0.29, 0.717) is 36.8 Å². The van der Waals surface area contributed by atoms with Gasteiger partial charge in [0, 0.05) is 30.1 Å². The van der Waals surface area contributed by atoms with Crippen LogP contribution in [0.5, 0.6) is 11.5 Å². The molecule has 2 rings (SSSR count). The molecule has 0 aliphatic heterocycles. The fourth-order valence-electron chi connectivity index (χ4n) is 2.20. The van der Waals surface area contributed by atoms with Gasteiger partial charge in [0.25, 0.3) is 5.91 Å². The third-order valence-electron chi connectivity index (χ3n) is 3.41. The number of pyridine rings is 1. The molecular weight excluding hydrogens is 334 g/mol. The van der Waals surface area contributed by atoms with Gasteiger partial charge in [0.1, 0.15) is 6.61 Å². The summed E-state index contributed by atoms with van der Waals surface area (Å²) in [5, 5.41) is 5.20. The van der Waals surface area contributed by atoms with Crippen LogP contribution in [-0.2, 0) is 11.4 Å². The van der Waals surface area contributed by atoms with Crippen molar-refractivity contribution in [3.8, 4) is 11.5 Å². The molecule has 0 unspecified atom stereocenters. The van der Waals surface area contributed by atoms with Crippen molar-refractivity contribution >= 4 is 11.8 Å². The van der Waals surface area contributed by atoms with Gasteiger partial charge in [0.2, 0.25) is 5.91 Å². The van der Waals surface area contributed by atoms with Gasteiger partial charge in [0.15, 0.2) is 11.5 Å². The molecule has 1 aromatic carbocycles. The van der Waals surface area contributed by atoms with Crippen molar-refractivity contribution in [1.29, 1.82) is 0 Å². The van der Waals surface area contributed by atoms with E-state index in [1.54, 1.807) is 30.6 Å². The van der Waals surface area contributed by atoms with E-state index in [0.717, 1.165) is 5.56 Å². The van der Waals surface area contributed by atoms with E-state index in [1.165, 1.54) is 0 Å². The Labute approximate surface area is 152 Å². The van der Waals surface area contributed by atoms with Gasteiger partial charge in [-0.15, -0.1) is 0 Å². The van der Waals surface area contributed by atoms with E-state index in [2.05, 4.69) is 15.6 Å². The third-order valence-corrected chi connectivity index (χ3v) is 3.41. The molecule has 0 fully saturated rings. The molecule has 0 atom stereocenters. The average Bonchev–Trinajstić information content (AvgIpc) is 2.66. The van der Waals surface area contributed by atoms with Crippen molar-refractivity contribution in [2.45, 2.75) is 20.5 Å². The zero-order valence-electron chi connectivity index (χ0n) is 15.0. The van der Waals surface area contributed by atoms with Crippen LogP contribution in [0.3, 0.4) is 0 Å². The van der Waals surface area contributed by atoms with Crippen LogP contribution in [0.1, 0.15) is 29.8 Å². The number of amides is 2. The van der Waals surface area contributed by atoms with E-state index >= 15 is 0 Å². The van der Waals surface area contributed by atoms with E-state index in [-0.39, 0.29) is 18.4 Å². The molecular formula is C19H23N3O4. The Balaban J connectivity index is 2.04. The molecule has 138 valence electrons. The van der Waals surface area contributed by atoms with Crippen molar-refractivity contribution in [1.82, 2.24) is 15.6 Å². The Bertz CT molecular complexity index is 735. The van der Waals surface area contributed by atoms with Gasteiger partial charge in [-0.25, -0.2) is 0 Å². The fourth-order valence-corrected chi connectivity index (χ4v) is 2.20. The molecule has 1 heterocycles. The molecule has 2 aromatic rings. The first-order chi connectivity index (χ1) is 12.6. The first kappa shape index (κ1) is 19.2.